The zero-order chi connectivity index (χ0) is 15.2. The fourth-order valence-corrected chi connectivity index (χ4v) is 4.79. The predicted molar refractivity (Wildman–Crippen MR) is 82.1 cm³/mol. The summed E-state index contributed by atoms with van der Waals surface area (Å²) in [6, 6.07) is 6.81. The van der Waals surface area contributed by atoms with E-state index in [1.54, 1.807) is 24.4 Å². The molecule has 22 heavy (non-hydrogen) atoms. The van der Waals surface area contributed by atoms with Crippen molar-refractivity contribution in [3.63, 3.8) is 0 Å². The van der Waals surface area contributed by atoms with Crippen molar-refractivity contribution in [3.8, 4) is 0 Å². The topological polar surface area (TPSA) is 89.8 Å². The van der Waals surface area contributed by atoms with E-state index in [2.05, 4.69) is 18.6 Å². The van der Waals surface area contributed by atoms with Crippen LogP contribution in [0, 0.1) is 0 Å². The second-order valence-electron chi connectivity index (χ2n) is 5.24. The Kier molecular flexibility index (Phi) is 3.21. The Morgan fingerprint density at radius 3 is 3.09 bits per heavy atom. The van der Waals surface area contributed by atoms with Crippen LogP contribution in [0.25, 0.3) is 11.0 Å². The van der Waals surface area contributed by atoms with Crippen LogP contribution in [-0.2, 0) is 23.0 Å². The molecule has 9 heteroatoms. The van der Waals surface area contributed by atoms with Crippen molar-refractivity contribution < 1.29 is 8.42 Å². The minimum Gasteiger partial charge on any atom is -0.269 e. The molecule has 2 aromatic heterocycles. The van der Waals surface area contributed by atoms with E-state index in [0.29, 0.717) is 17.5 Å². The molecule has 0 saturated heterocycles. The largest absolute Gasteiger partial charge is 0.269 e. The third-order valence-electron chi connectivity index (χ3n) is 3.81. The molecule has 4 rings (SSSR count). The van der Waals surface area contributed by atoms with Crippen molar-refractivity contribution in [2.75, 3.05) is 0 Å². The van der Waals surface area contributed by atoms with Gasteiger partial charge in [0.25, 0.3) is 0 Å². The Hall–Kier alpha value is -1.84. The molecule has 0 saturated carbocycles. The molecule has 0 radical (unpaired) electrons. The molecule has 3 aromatic rings. The Labute approximate surface area is 131 Å². The van der Waals surface area contributed by atoms with Crippen molar-refractivity contribution in [3.05, 3.63) is 36.2 Å². The number of fused-ring (bicyclic) bond motifs is 2. The highest BCUT2D eigenvalue weighted by molar-refractivity contribution is 7.89. The molecule has 0 bridgehead atoms. The van der Waals surface area contributed by atoms with E-state index in [-0.39, 0.29) is 10.9 Å². The number of nitrogens with one attached hydrogen (secondary N) is 1. The molecule has 0 fully saturated rings. The third-order valence-corrected chi connectivity index (χ3v) is 5.90. The highest BCUT2D eigenvalue weighted by atomic mass is 32.2. The van der Waals surface area contributed by atoms with Crippen LogP contribution in [0.4, 0.5) is 0 Å². The number of aryl methyl sites for hydroxylation is 1. The lowest BCUT2D eigenvalue weighted by atomic mass is 10.1. The Bertz CT molecular complexity index is 931. The maximum atomic E-state index is 12.7. The summed E-state index contributed by atoms with van der Waals surface area (Å²) in [6.07, 6.45) is 3.11. The minimum absolute atomic E-state index is 0.129. The van der Waals surface area contributed by atoms with Gasteiger partial charge in [0.2, 0.25) is 10.0 Å². The maximum Gasteiger partial charge on any atom is 0.243 e. The standard InChI is InChI=1S/C13H13N5O2S2/c19-22(20,12-3-1-2-11-13(12)16-21-15-11)17-9-5-7-18-10(8-9)4-6-14-18/h1-4,6,9,17H,5,7-8H2/t9-/m0/s1. The monoisotopic (exact) mass is 335 g/mol. The lowest BCUT2D eigenvalue weighted by Crippen LogP contribution is -2.40. The van der Waals surface area contributed by atoms with Crippen LogP contribution in [0.2, 0.25) is 0 Å². The fraction of sp³-hybridized carbons (Fsp3) is 0.308. The molecule has 1 aromatic carbocycles. The van der Waals surface area contributed by atoms with Gasteiger partial charge in [-0.15, -0.1) is 0 Å². The highest BCUT2D eigenvalue weighted by Gasteiger charge is 2.26. The van der Waals surface area contributed by atoms with Crippen LogP contribution in [0.1, 0.15) is 12.1 Å². The second-order valence-corrected chi connectivity index (χ2v) is 7.46. The SMILES string of the molecule is O=S(=O)(N[C@H]1CCn2nccc2C1)c1cccc2nsnc12. The summed E-state index contributed by atoms with van der Waals surface area (Å²) >= 11 is 1.02. The van der Waals surface area contributed by atoms with Gasteiger partial charge in [-0.1, -0.05) is 6.07 Å². The number of benzene rings is 1. The van der Waals surface area contributed by atoms with Crippen molar-refractivity contribution in [1.29, 1.82) is 0 Å². The Balaban J connectivity index is 1.64. The number of hydrogen-bond donors (Lipinski definition) is 1. The zero-order valence-electron chi connectivity index (χ0n) is 11.5. The molecule has 3 heterocycles. The van der Waals surface area contributed by atoms with Crippen LogP contribution >= 0.6 is 11.7 Å². The summed E-state index contributed by atoms with van der Waals surface area (Å²) in [6.45, 7) is 0.720. The summed E-state index contributed by atoms with van der Waals surface area (Å²) in [4.78, 5) is 0.192. The van der Waals surface area contributed by atoms with Gasteiger partial charge in [0.1, 0.15) is 15.9 Å². The maximum absolute atomic E-state index is 12.7. The van der Waals surface area contributed by atoms with Crippen LogP contribution in [0.5, 0.6) is 0 Å². The zero-order valence-corrected chi connectivity index (χ0v) is 13.1. The minimum atomic E-state index is -3.62. The van der Waals surface area contributed by atoms with E-state index >= 15 is 0 Å². The number of sulfonamides is 1. The molecule has 114 valence electrons. The van der Waals surface area contributed by atoms with E-state index in [1.807, 2.05) is 10.7 Å². The summed E-state index contributed by atoms with van der Waals surface area (Å²) in [7, 11) is -3.62. The van der Waals surface area contributed by atoms with Gasteiger partial charge in [-0.25, -0.2) is 13.1 Å². The molecule has 0 amide bonds. The van der Waals surface area contributed by atoms with Gasteiger partial charge in [-0.3, -0.25) is 4.68 Å². The summed E-state index contributed by atoms with van der Waals surface area (Å²) in [5.74, 6) is 0. The van der Waals surface area contributed by atoms with Crippen LogP contribution in [0.3, 0.4) is 0 Å². The first kappa shape index (κ1) is 13.8. The lowest BCUT2D eigenvalue weighted by Gasteiger charge is -2.24. The first-order chi connectivity index (χ1) is 10.6. The summed E-state index contributed by atoms with van der Waals surface area (Å²) in [5.41, 5.74) is 2.09. The molecular weight excluding hydrogens is 322 g/mol. The number of rotatable bonds is 3. The van der Waals surface area contributed by atoms with Gasteiger partial charge in [-0.05, 0) is 24.6 Å². The van der Waals surface area contributed by atoms with Gasteiger partial charge in [0.15, 0.2) is 0 Å². The van der Waals surface area contributed by atoms with Crippen molar-refractivity contribution in [1.82, 2.24) is 23.2 Å². The highest BCUT2D eigenvalue weighted by Crippen LogP contribution is 2.22. The van der Waals surface area contributed by atoms with Gasteiger partial charge < -0.3 is 0 Å². The molecule has 7 nitrogen and oxygen atoms in total. The van der Waals surface area contributed by atoms with Gasteiger partial charge >= 0.3 is 0 Å². The molecule has 1 aliphatic heterocycles. The smallest absolute Gasteiger partial charge is 0.243 e. The average Bonchev–Trinajstić information content (AvgIpc) is 3.14. The lowest BCUT2D eigenvalue weighted by molar-refractivity contribution is 0.414. The first-order valence-corrected chi connectivity index (χ1v) is 9.09. The van der Waals surface area contributed by atoms with Gasteiger partial charge in [-0.2, -0.15) is 13.8 Å². The van der Waals surface area contributed by atoms with Crippen molar-refractivity contribution in [2.24, 2.45) is 0 Å². The van der Waals surface area contributed by atoms with Crippen LogP contribution in [0.15, 0.2) is 35.4 Å². The van der Waals surface area contributed by atoms with E-state index < -0.39 is 10.0 Å². The summed E-state index contributed by atoms with van der Waals surface area (Å²) < 4.78 is 38.2. The van der Waals surface area contributed by atoms with Gasteiger partial charge in [0, 0.05) is 30.9 Å². The van der Waals surface area contributed by atoms with E-state index in [0.717, 1.165) is 30.4 Å². The van der Waals surface area contributed by atoms with Crippen LogP contribution in [-0.4, -0.2) is 33.0 Å². The molecule has 0 aliphatic carbocycles. The Morgan fingerprint density at radius 1 is 1.27 bits per heavy atom. The first-order valence-electron chi connectivity index (χ1n) is 6.88. The quantitative estimate of drug-likeness (QED) is 0.776. The van der Waals surface area contributed by atoms with Gasteiger partial charge in [0.05, 0.1) is 11.7 Å². The molecule has 1 aliphatic rings. The molecule has 1 atom stereocenters. The van der Waals surface area contributed by atoms with E-state index in [9.17, 15) is 8.42 Å². The molecule has 1 N–H and O–H groups in total. The molecule has 0 unspecified atom stereocenters. The molecule has 0 spiro atoms. The van der Waals surface area contributed by atoms with Crippen molar-refractivity contribution >= 4 is 32.8 Å². The predicted octanol–water partition coefficient (Wildman–Crippen LogP) is 1.18. The summed E-state index contributed by atoms with van der Waals surface area (Å²) in [5, 5.41) is 4.20. The van der Waals surface area contributed by atoms with E-state index in [1.165, 1.54) is 0 Å². The molecular formula is C13H13N5O2S2. The Morgan fingerprint density at radius 2 is 2.18 bits per heavy atom. The number of hydrogen-bond acceptors (Lipinski definition) is 6. The average molecular weight is 335 g/mol. The number of aromatic nitrogens is 4. The normalized spacial score (nSPS) is 18.5. The van der Waals surface area contributed by atoms with Crippen LogP contribution < -0.4 is 4.72 Å². The third kappa shape index (κ3) is 2.31. The number of nitrogens with zero attached hydrogens (tertiary/aromatic N) is 4. The second kappa shape index (κ2) is 5.11. The van der Waals surface area contributed by atoms with Crippen molar-refractivity contribution in [2.45, 2.75) is 30.3 Å². The fourth-order valence-electron chi connectivity index (χ4n) is 2.75. The van der Waals surface area contributed by atoms with E-state index in [4.69, 9.17) is 0 Å².